The van der Waals surface area contributed by atoms with E-state index in [0.717, 1.165) is 6.42 Å². The molecule has 106 valence electrons. The van der Waals surface area contributed by atoms with Gasteiger partial charge in [0, 0.05) is 19.3 Å². The first-order chi connectivity index (χ1) is 8.85. The molecule has 1 amide bonds. The number of aromatic nitrogens is 1. The summed E-state index contributed by atoms with van der Waals surface area (Å²) in [6.07, 6.45) is 2.90. The lowest BCUT2D eigenvalue weighted by Gasteiger charge is -2.24. The number of halogens is 2. The summed E-state index contributed by atoms with van der Waals surface area (Å²) in [4.78, 5) is 15.8. The molecule has 0 aromatic carbocycles. The minimum absolute atomic E-state index is 0.0817. The Balaban J connectivity index is 2.62. The summed E-state index contributed by atoms with van der Waals surface area (Å²) in [5, 5.41) is 12.2. The maximum Gasteiger partial charge on any atom is 0.252 e. The van der Waals surface area contributed by atoms with Crippen molar-refractivity contribution < 1.29 is 9.90 Å². The number of carbonyl (C=O) groups is 1. The lowest BCUT2D eigenvalue weighted by molar-refractivity contribution is 0.0933. The van der Waals surface area contributed by atoms with Gasteiger partial charge in [-0.3, -0.25) is 4.79 Å². The smallest absolute Gasteiger partial charge is 0.252 e. The van der Waals surface area contributed by atoms with E-state index < -0.39 is 0 Å². The fourth-order valence-electron chi connectivity index (χ4n) is 1.65. The fraction of sp³-hybridized carbons (Fsp3) is 0.538. The molecule has 2 N–H and O–H groups in total. The molecule has 0 fully saturated rings. The fourth-order valence-corrected chi connectivity index (χ4v) is 2.00. The van der Waals surface area contributed by atoms with Gasteiger partial charge >= 0.3 is 0 Å². The second-order valence-electron chi connectivity index (χ2n) is 5.16. The Kier molecular flexibility index (Phi) is 6.04. The van der Waals surface area contributed by atoms with Gasteiger partial charge in [0.1, 0.15) is 5.15 Å². The minimum Gasteiger partial charge on any atom is -0.396 e. The molecule has 6 heteroatoms. The van der Waals surface area contributed by atoms with Crippen molar-refractivity contribution in [2.45, 2.75) is 26.7 Å². The molecular formula is C13H18Cl2N2O2. The third-order valence-electron chi connectivity index (χ3n) is 2.81. The monoisotopic (exact) mass is 304 g/mol. The maximum absolute atomic E-state index is 12.0. The number of pyridine rings is 1. The summed E-state index contributed by atoms with van der Waals surface area (Å²) in [5.74, 6) is -0.272. The van der Waals surface area contributed by atoms with Crippen molar-refractivity contribution in [3.63, 3.8) is 0 Å². The molecule has 0 spiro atoms. The summed E-state index contributed by atoms with van der Waals surface area (Å²) >= 11 is 11.7. The standard InChI is InChI=1S/C13H18Cl2N2O2/c1-13(2,4-3-5-18)8-17-12(19)9-6-11(15)16-7-10(9)14/h6-7,18H,3-5,8H2,1-2H3,(H,17,19). The Bertz CT molecular complexity index is 450. The molecule has 0 radical (unpaired) electrons. The number of aliphatic hydroxyl groups is 1. The molecule has 0 saturated carbocycles. The topological polar surface area (TPSA) is 62.2 Å². The van der Waals surface area contributed by atoms with Crippen molar-refractivity contribution >= 4 is 29.1 Å². The largest absolute Gasteiger partial charge is 0.396 e. The zero-order chi connectivity index (χ0) is 14.5. The molecule has 0 bridgehead atoms. The van der Waals surface area contributed by atoms with Crippen LogP contribution in [0.2, 0.25) is 10.2 Å². The number of aliphatic hydroxyl groups excluding tert-OH is 1. The second kappa shape index (κ2) is 7.08. The predicted molar refractivity (Wildman–Crippen MR) is 76.7 cm³/mol. The molecule has 0 atom stereocenters. The third-order valence-corrected chi connectivity index (χ3v) is 3.31. The second-order valence-corrected chi connectivity index (χ2v) is 5.96. The number of carbonyl (C=O) groups excluding carboxylic acids is 1. The van der Waals surface area contributed by atoms with E-state index >= 15 is 0 Å². The zero-order valence-electron chi connectivity index (χ0n) is 11.0. The van der Waals surface area contributed by atoms with Gasteiger partial charge in [-0.25, -0.2) is 4.98 Å². The zero-order valence-corrected chi connectivity index (χ0v) is 12.6. The highest BCUT2D eigenvalue weighted by molar-refractivity contribution is 6.35. The van der Waals surface area contributed by atoms with Gasteiger partial charge in [-0.2, -0.15) is 0 Å². The van der Waals surface area contributed by atoms with Crippen LogP contribution in [0.1, 0.15) is 37.0 Å². The summed E-state index contributed by atoms with van der Waals surface area (Å²) in [6.45, 7) is 4.72. The van der Waals surface area contributed by atoms with Gasteiger partial charge in [-0.05, 0) is 24.3 Å². The van der Waals surface area contributed by atoms with Gasteiger partial charge in [0.15, 0.2) is 0 Å². The van der Waals surface area contributed by atoms with Crippen LogP contribution in [0.4, 0.5) is 0 Å². The van der Waals surface area contributed by atoms with E-state index in [1.54, 1.807) is 0 Å². The van der Waals surface area contributed by atoms with Crippen LogP contribution >= 0.6 is 23.2 Å². The molecule has 1 rings (SSSR count). The Morgan fingerprint density at radius 2 is 2.16 bits per heavy atom. The van der Waals surface area contributed by atoms with Crippen LogP contribution in [0.25, 0.3) is 0 Å². The van der Waals surface area contributed by atoms with E-state index in [2.05, 4.69) is 10.3 Å². The van der Waals surface area contributed by atoms with E-state index in [1.807, 2.05) is 13.8 Å². The van der Waals surface area contributed by atoms with Crippen LogP contribution in [0.5, 0.6) is 0 Å². The molecule has 1 aromatic heterocycles. The Morgan fingerprint density at radius 3 is 2.79 bits per heavy atom. The molecule has 1 heterocycles. The van der Waals surface area contributed by atoms with Crippen molar-refractivity contribution in [1.29, 1.82) is 0 Å². The average Bonchev–Trinajstić information content (AvgIpc) is 2.36. The molecule has 0 aliphatic carbocycles. The minimum atomic E-state index is -0.272. The van der Waals surface area contributed by atoms with Gasteiger partial charge in [-0.1, -0.05) is 37.0 Å². The Labute approximate surface area is 123 Å². The van der Waals surface area contributed by atoms with Crippen LogP contribution in [0.15, 0.2) is 12.3 Å². The highest BCUT2D eigenvalue weighted by atomic mass is 35.5. The van der Waals surface area contributed by atoms with Crippen LogP contribution in [0, 0.1) is 5.41 Å². The molecule has 0 aliphatic heterocycles. The van der Waals surface area contributed by atoms with Crippen LogP contribution in [-0.2, 0) is 0 Å². The van der Waals surface area contributed by atoms with Crippen molar-refractivity contribution in [2.75, 3.05) is 13.2 Å². The number of hydrogen-bond donors (Lipinski definition) is 2. The molecule has 0 unspecified atom stereocenters. The molecule has 4 nitrogen and oxygen atoms in total. The van der Waals surface area contributed by atoms with Gasteiger partial charge in [-0.15, -0.1) is 0 Å². The first-order valence-electron chi connectivity index (χ1n) is 6.06. The molecule has 19 heavy (non-hydrogen) atoms. The predicted octanol–water partition coefficient (Wildman–Crippen LogP) is 2.92. The van der Waals surface area contributed by atoms with Crippen molar-refractivity contribution in [3.8, 4) is 0 Å². The highest BCUT2D eigenvalue weighted by Gasteiger charge is 2.19. The number of nitrogens with zero attached hydrogens (tertiary/aromatic N) is 1. The number of amides is 1. The van der Waals surface area contributed by atoms with Gasteiger partial charge < -0.3 is 10.4 Å². The van der Waals surface area contributed by atoms with Crippen molar-refractivity contribution in [1.82, 2.24) is 10.3 Å². The summed E-state index contributed by atoms with van der Waals surface area (Å²) in [6, 6.07) is 1.44. The first-order valence-corrected chi connectivity index (χ1v) is 6.81. The lowest BCUT2D eigenvalue weighted by atomic mass is 9.88. The molecular weight excluding hydrogens is 287 g/mol. The van der Waals surface area contributed by atoms with E-state index in [-0.39, 0.29) is 28.1 Å². The van der Waals surface area contributed by atoms with Crippen LogP contribution in [-0.4, -0.2) is 29.1 Å². The Hall–Kier alpha value is -0.840. The van der Waals surface area contributed by atoms with Gasteiger partial charge in [0.25, 0.3) is 5.91 Å². The van der Waals surface area contributed by atoms with Gasteiger partial charge in [0.2, 0.25) is 0 Å². The summed E-state index contributed by atoms with van der Waals surface area (Å²) in [7, 11) is 0. The average molecular weight is 305 g/mol. The normalized spacial score (nSPS) is 11.4. The third kappa shape index (κ3) is 5.35. The number of rotatable bonds is 6. The number of hydrogen-bond acceptors (Lipinski definition) is 3. The van der Waals surface area contributed by atoms with E-state index in [1.165, 1.54) is 12.3 Å². The summed E-state index contributed by atoms with van der Waals surface area (Å²) in [5.41, 5.74) is 0.237. The van der Waals surface area contributed by atoms with E-state index in [0.29, 0.717) is 18.5 Å². The highest BCUT2D eigenvalue weighted by Crippen LogP contribution is 2.22. The van der Waals surface area contributed by atoms with Gasteiger partial charge in [0.05, 0.1) is 10.6 Å². The van der Waals surface area contributed by atoms with Crippen molar-refractivity contribution in [3.05, 3.63) is 28.0 Å². The lowest BCUT2D eigenvalue weighted by Crippen LogP contribution is -2.34. The maximum atomic E-state index is 12.0. The SMILES string of the molecule is CC(C)(CCCO)CNC(=O)c1cc(Cl)ncc1Cl. The Morgan fingerprint density at radius 1 is 1.47 bits per heavy atom. The van der Waals surface area contributed by atoms with E-state index in [9.17, 15) is 4.79 Å². The molecule has 0 saturated heterocycles. The van der Waals surface area contributed by atoms with Crippen molar-refractivity contribution in [2.24, 2.45) is 5.41 Å². The first kappa shape index (κ1) is 16.2. The van der Waals surface area contributed by atoms with Crippen LogP contribution < -0.4 is 5.32 Å². The van der Waals surface area contributed by atoms with Crippen LogP contribution in [0.3, 0.4) is 0 Å². The van der Waals surface area contributed by atoms with E-state index in [4.69, 9.17) is 28.3 Å². The number of nitrogens with one attached hydrogen (secondary N) is 1. The quantitative estimate of drug-likeness (QED) is 0.794. The molecule has 1 aromatic rings. The summed E-state index contributed by atoms with van der Waals surface area (Å²) < 4.78 is 0. The molecule has 0 aliphatic rings.